The van der Waals surface area contributed by atoms with Crippen LogP contribution < -0.4 is 19.5 Å². The van der Waals surface area contributed by atoms with Crippen LogP contribution in [0.1, 0.15) is 31.2 Å². The third-order valence-corrected chi connectivity index (χ3v) is 4.19. The molecule has 2 atom stereocenters. The molecule has 1 aliphatic carbocycles. The Hall–Kier alpha value is -1.46. The quantitative estimate of drug-likeness (QED) is 0.887. The molecule has 0 unspecified atom stereocenters. The Morgan fingerprint density at radius 2 is 2.05 bits per heavy atom. The molecule has 2 aliphatic rings. The largest absolute Gasteiger partial charge is 0.493 e. The van der Waals surface area contributed by atoms with Crippen molar-refractivity contribution in [2.75, 3.05) is 20.3 Å². The van der Waals surface area contributed by atoms with E-state index in [4.69, 9.17) is 14.2 Å². The summed E-state index contributed by atoms with van der Waals surface area (Å²) in [7, 11) is 1.63. The summed E-state index contributed by atoms with van der Waals surface area (Å²) < 4.78 is 16.6. The van der Waals surface area contributed by atoms with Crippen molar-refractivity contribution in [2.45, 2.75) is 44.4 Å². The van der Waals surface area contributed by atoms with Crippen molar-refractivity contribution in [3.8, 4) is 17.2 Å². The molecule has 0 amide bonds. The van der Waals surface area contributed by atoms with E-state index >= 15 is 0 Å². The van der Waals surface area contributed by atoms with Crippen molar-refractivity contribution in [3.63, 3.8) is 0 Å². The van der Waals surface area contributed by atoms with Gasteiger partial charge in [0.2, 0.25) is 5.75 Å². The fraction of sp³-hybridized carbons (Fsp3) is 0.625. The van der Waals surface area contributed by atoms with Gasteiger partial charge in [0.05, 0.1) is 13.2 Å². The van der Waals surface area contributed by atoms with E-state index in [0.717, 1.165) is 30.6 Å². The Morgan fingerprint density at radius 3 is 2.86 bits per heavy atom. The minimum atomic E-state index is -0.238. The predicted octanol–water partition coefficient (Wildman–Crippen LogP) is 1.86. The number of fused-ring (bicyclic) bond motifs is 1. The van der Waals surface area contributed by atoms with Crippen molar-refractivity contribution in [3.05, 3.63) is 17.7 Å². The number of benzene rings is 1. The van der Waals surface area contributed by atoms with Gasteiger partial charge in [-0.2, -0.15) is 0 Å². The van der Waals surface area contributed by atoms with Gasteiger partial charge in [-0.1, -0.05) is 12.8 Å². The Bertz CT molecular complexity index is 474. The molecular weight excluding hydrogens is 270 g/mol. The van der Waals surface area contributed by atoms with Gasteiger partial charge in [-0.15, -0.1) is 0 Å². The van der Waals surface area contributed by atoms with Gasteiger partial charge in [-0.05, 0) is 30.5 Å². The summed E-state index contributed by atoms with van der Waals surface area (Å²) in [5.41, 5.74) is 1.08. The zero-order chi connectivity index (χ0) is 14.7. The number of ether oxygens (including phenoxy) is 3. The third kappa shape index (κ3) is 3.24. The topological polar surface area (TPSA) is 60.0 Å². The molecule has 5 nitrogen and oxygen atoms in total. The summed E-state index contributed by atoms with van der Waals surface area (Å²) in [6.45, 7) is 1.80. The summed E-state index contributed by atoms with van der Waals surface area (Å²) in [6.07, 6.45) is 3.99. The van der Waals surface area contributed by atoms with Gasteiger partial charge in [0.1, 0.15) is 13.2 Å². The maximum Gasteiger partial charge on any atom is 0.203 e. The summed E-state index contributed by atoms with van der Waals surface area (Å²) in [5, 5.41) is 13.5. The lowest BCUT2D eigenvalue weighted by atomic mass is 9.92. The first-order chi connectivity index (χ1) is 10.3. The van der Waals surface area contributed by atoms with E-state index in [9.17, 15) is 5.11 Å². The van der Waals surface area contributed by atoms with Crippen LogP contribution in [0.2, 0.25) is 0 Å². The molecule has 1 aliphatic heterocycles. The lowest BCUT2D eigenvalue weighted by molar-refractivity contribution is 0.0902. The van der Waals surface area contributed by atoms with Crippen LogP contribution in [-0.2, 0) is 6.54 Å². The van der Waals surface area contributed by atoms with Crippen LogP contribution in [0.15, 0.2) is 12.1 Å². The van der Waals surface area contributed by atoms with Crippen molar-refractivity contribution < 1.29 is 19.3 Å². The van der Waals surface area contributed by atoms with E-state index in [2.05, 4.69) is 5.32 Å². The van der Waals surface area contributed by atoms with Gasteiger partial charge in [0, 0.05) is 12.6 Å². The van der Waals surface area contributed by atoms with E-state index < -0.39 is 0 Å². The molecule has 3 rings (SSSR count). The molecule has 0 saturated heterocycles. The van der Waals surface area contributed by atoms with Crippen LogP contribution in [0, 0.1) is 0 Å². The average Bonchev–Trinajstić information content (AvgIpc) is 2.53. The predicted molar refractivity (Wildman–Crippen MR) is 79.1 cm³/mol. The number of nitrogens with one attached hydrogen (secondary N) is 1. The first-order valence-electron chi connectivity index (χ1n) is 7.66. The van der Waals surface area contributed by atoms with Crippen LogP contribution in [0.4, 0.5) is 0 Å². The minimum Gasteiger partial charge on any atom is -0.493 e. The molecule has 1 heterocycles. The molecule has 0 aromatic heterocycles. The first-order valence-corrected chi connectivity index (χ1v) is 7.66. The Labute approximate surface area is 125 Å². The molecule has 1 fully saturated rings. The zero-order valence-corrected chi connectivity index (χ0v) is 12.4. The van der Waals surface area contributed by atoms with Crippen molar-refractivity contribution in [1.29, 1.82) is 0 Å². The second kappa shape index (κ2) is 6.54. The molecule has 5 heteroatoms. The molecule has 1 aromatic carbocycles. The molecule has 0 radical (unpaired) electrons. The average molecular weight is 293 g/mol. The van der Waals surface area contributed by atoms with E-state index in [1.807, 2.05) is 12.1 Å². The highest BCUT2D eigenvalue weighted by atomic mass is 16.6. The normalized spacial score (nSPS) is 24.7. The second-order valence-corrected chi connectivity index (χ2v) is 5.66. The van der Waals surface area contributed by atoms with E-state index in [0.29, 0.717) is 31.3 Å². The fourth-order valence-electron chi connectivity index (χ4n) is 3.03. The van der Waals surface area contributed by atoms with Crippen molar-refractivity contribution in [2.24, 2.45) is 0 Å². The van der Waals surface area contributed by atoms with Crippen molar-refractivity contribution in [1.82, 2.24) is 5.32 Å². The third-order valence-electron chi connectivity index (χ3n) is 4.19. The maximum atomic E-state index is 10.0. The van der Waals surface area contributed by atoms with Gasteiger partial charge in [0.25, 0.3) is 0 Å². The van der Waals surface area contributed by atoms with Crippen molar-refractivity contribution >= 4 is 0 Å². The highest BCUT2D eigenvalue weighted by Crippen LogP contribution is 2.40. The molecule has 116 valence electrons. The molecule has 0 spiro atoms. The van der Waals surface area contributed by atoms with Crippen LogP contribution in [-0.4, -0.2) is 37.6 Å². The lowest BCUT2D eigenvalue weighted by Crippen LogP contribution is -2.41. The zero-order valence-electron chi connectivity index (χ0n) is 12.4. The summed E-state index contributed by atoms with van der Waals surface area (Å²) >= 11 is 0. The van der Waals surface area contributed by atoms with Gasteiger partial charge in [0.15, 0.2) is 11.5 Å². The summed E-state index contributed by atoms with van der Waals surface area (Å²) in [5.74, 6) is 2.12. The SMILES string of the molecule is COc1cc(CN[C@H]2CCCC[C@@H]2O)cc2c1OCCO2. The molecule has 21 heavy (non-hydrogen) atoms. The Balaban J connectivity index is 1.70. The standard InChI is InChI=1S/C16H23NO4/c1-19-14-8-11(9-15-16(14)21-7-6-20-15)10-17-12-4-2-3-5-13(12)18/h8-9,12-13,17-18H,2-7,10H2,1H3/t12-,13-/m0/s1. The molecule has 2 N–H and O–H groups in total. The Morgan fingerprint density at radius 1 is 1.24 bits per heavy atom. The smallest absolute Gasteiger partial charge is 0.203 e. The Kier molecular flexibility index (Phi) is 4.51. The number of aliphatic hydroxyl groups excluding tert-OH is 1. The maximum absolute atomic E-state index is 10.0. The number of methoxy groups -OCH3 is 1. The molecule has 1 saturated carbocycles. The van der Waals surface area contributed by atoms with E-state index in [1.165, 1.54) is 6.42 Å². The number of hydrogen-bond donors (Lipinski definition) is 2. The van der Waals surface area contributed by atoms with Gasteiger partial charge in [-0.25, -0.2) is 0 Å². The minimum absolute atomic E-state index is 0.179. The van der Waals surface area contributed by atoms with Crippen LogP contribution >= 0.6 is 0 Å². The number of hydrogen-bond acceptors (Lipinski definition) is 5. The van der Waals surface area contributed by atoms with Gasteiger partial charge in [-0.3, -0.25) is 0 Å². The highest BCUT2D eigenvalue weighted by molar-refractivity contribution is 5.54. The molecule has 0 bridgehead atoms. The van der Waals surface area contributed by atoms with E-state index in [-0.39, 0.29) is 12.1 Å². The summed E-state index contributed by atoms with van der Waals surface area (Å²) in [6, 6.07) is 4.13. The summed E-state index contributed by atoms with van der Waals surface area (Å²) in [4.78, 5) is 0. The van der Waals surface area contributed by atoms with Crippen LogP contribution in [0.3, 0.4) is 0 Å². The first kappa shape index (κ1) is 14.5. The fourth-order valence-corrected chi connectivity index (χ4v) is 3.03. The second-order valence-electron chi connectivity index (χ2n) is 5.66. The van der Waals surface area contributed by atoms with Crippen LogP contribution in [0.5, 0.6) is 17.2 Å². The number of aliphatic hydroxyl groups is 1. The van der Waals surface area contributed by atoms with Gasteiger partial charge < -0.3 is 24.6 Å². The molecular formula is C16H23NO4. The number of rotatable bonds is 4. The monoisotopic (exact) mass is 293 g/mol. The van der Waals surface area contributed by atoms with Gasteiger partial charge >= 0.3 is 0 Å². The molecule has 1 aromatic rings. The van der Waals surface area contributed by atoms with E-state index in [1.54, 1.807) is 7.11 Å². The highest BCUT2D eigenvalue weighted by Gasteiger charge is 2.23. The lowest BCUT2D eigenvalue weighted by Gasteiger charge is -2.29. The van der Waals surface area contributed by atoms with Crippen LogP contribution in [0.25, 0.3) is 0 Å².